The highest BCUT2D eigenvalue weighted by Gasteiger charge is 2.44. The fourth-order valence-electron chi connectivity index (χ4n) is 12.2. The number of aromatic nitrogens is 6. The van der Waals surface area contributed by atoms with Crippen molar-refractivity contribution in [2.24, 2.45) is 5.92 Å². The molecule has 0 bridgehead atoms. The van der Waals surface area contributed by atoms with Gasteiger partial charge in [0.1, 0.15) is 47.3 Å². The molecule has 0 fully saturated rings. The summed E-state index contributed by atoms with van der Waals surface area (Å²) in [6.45, 7) is 17.5. The maximum Gasteiger partial charge on any atom is 0.294 e. The second kappa shape index (κ2) is 39.9. The van der Waals surface area contributed by atoms with Crippen molar-refractivity contribution >= 4 is 70.9 Å². The lowest BCUT2D eigenvalue weighted by Gasteiger charge is -2.31. The zero-order valence-electron chi connectivity index (χ0n) is 61.0. The number of ether oxygens (including phenoxy) is 4. The zero-order valence-corrected chi connectivity index (χ0v) is 63.4. The first-order valence-electron chi connectivity index (χ1n) is 34.8. The summed E-state index contributed by atoms with van der Waals surface area (Å²) in [6, 6.07) is 13.0. The number of hydrogen-bond acceptors (Lipinski definition) is 21. The minimum absolute atomic E-state index is 0.0666. The molecule has 3 aromatic carbocycles. The minimum Gasteiger partial charge on any atom is -0.744 e. The molecular formula is C71H101FN12O17S3. The number of aryl methyl sites for hydroxylation is 1. The maximum atomic E-state index is 13.8. The van der Waals surface area contributed by atoms with Crippen LogP contribution < -0.4 is 25.8 Å². The number of methoxy groups -OCH3 is 1. The van der Waals surface area contributed by atoms with Crippen LogP contribution in [0.25, 0.3) is 0 Å². The molecule has 3 amide bonds. The number of hydroxylamine groups is 1. The number of halogens is 1. The van der Waals surface area contributed by atoms with Crippen molar-refractivity contribution in [1.82, 2.24) is 50.4 Å². The van der Waals surface area contributed by atoms with Crippen molar-refractivity contribution in [1.29, 1.82) is 0 Å². The van der Waals surface area contributed by atoms with Crippen molar-refractivity contribution in [3.8, 4) is 5.75 Å². The molecule has 5 N–H and O–H groups in total. The van der Waals surface area contributed by atoms with E-state index in [-0.39, 0.29) is 65.0 Å². The number of fused-ring (bicyclic) bond motifs is 2. The number of allylic oxidation sites excluding steroid dienone is 6. The molecule has 104 heavy (non-hydrogen) atoms. The lowest BCUT2D eigenvalue weighted by Crippen LogP contribution is -2.51. The number of nitrogens with zero attached hydrogens (tertiary/aromatic N) is 9. The molecule has 2 aliphatic heterocycles. The summed E-state index contributed by atoms with van der Waals surface area (Å²) >= 11 is 0. The second-order valence-corrected chi connectivity index (χ2v) is 31.2. The summed E-state index contributed by atoms with van der Waals surface area (Å²) in [7, 11) is -9.81. The zero-order chi connectivity index (χ0) is 76.4. The summed E-state index contributed by atoms with van der Waals surface area (Å²) in [5.41, 5.74) is 6.57. The van der Waals surface area contributed by atoms with Gasteiger partial charge in [0, 0.05) is 72.8 Å². The van der Waals surface area contributed by atoms with E-state index >= 15 is 0 Å². The third kappa shape index (κ3) is 24.0. The molecule has 1 unspecified atom stereocenters. The summed E-state index contributed by atoms with van der Waals surface area (Å²) in [5, 5.41) is 30.9. The van der Waals surface area contributed by atoms with E-state index in [0.29, 0.717) is 88.8 Å². The van der Waals surface area contributed by atoms with Crippen LogP contribution in [0, 0.1) is 5.92 Å². The van der Waals surface area contributed by atoms with E-state index in [1.165, 1.54) is 58.9 Å². The number of alkyl halides is 1. The standard InChI is InChI=1S/C36H57FN10O10S.C35H44N2O7S2/c1-5-6-9-32(39-33(48)26-46-23-28(40-44-46)8-7-14-37)35(49)38-15-17-55-19-21-57-22-20-56-18-16-45-24-29(41-43-45)25-47(34(27(2)3)36(50)42-51)58(52,53)31-12-10-30(54-4)11-13-31;1-7-14-25(38)15-10-9-13-22-37-31-21-19-27(46(42,43)44)24-29(31)35(4,5)33(37)17-12-8-11-16-32-34(2,3)28-23-26(45(39,40)41)18-20-30(28)36(32)6/h10-13,23-24,27,32,34,51H,5-9,14-22,25-26H2,1-4H3,(H,38,49)(H,39,48)(H,42,50);8,11-12,16-21,23-24H,7,9-10,13-15,22H2,1-6H3,(H-,39,40,41,42,43,44)/t32?,34-;/m1./s1. The first-order chi connectivity index (χ1) is 49.3. The molecule has 0 spiro atoms. The first kappa shape index (κ1) is 84.9. The number of ketones is 1. The van der Waals surface area contributed by atoms with Crippen molar-refractivity contribution in [3.63, 3.8) is 0 Å². The van der Waals surface area contributed by atoms with Gasteiger partial charge in [-0.1, -0.05) is 89.5 Å². The van der Waals surface area contributed by atoms with Crippen LogP contribution >= 0.6 is 0 Å². The number of nitrogens with one attached hydrogen (secondary N) is 3. The van der Waals surface area contributed by atoms with Crippen LogP contribution in [0.2, 0.25) is 0 Å². The van der Waals surface area contributed by atoms with Gasteiger partial charge in [0.2, 0.25) is 27.5 Å². The van der Waals surface area contributed by atoms with Crippen molar-refractivity contribution in [3.05, 3.63) is 132 Å². The molecule has 4 heterocycles. The third-order valence-corrected chi connectivity index (χ3v) is 21.2. The molecule has 0 aliphatic carbocycles. The van der Waals surface area contributed by atoms with E-state index in [4.69, 9.17) is 18.9 Å². The fraction of sp³-hybridized carbons (Fsp3) is 0.535. The summed E-state index contributed by atoms with van der Waals surface area (Å²) in [5.74, 6) is -1.32. The monoisotopic (exact) mass is 1510 g/mol. The quantitative estimate of drug-likeness (QED) is 0.00625. The van der Waals surface area contributed by atoms with E-state index in [9.17, 15) is 63.1 Å². The number of carbonyl (C=O) groups excluding carboxylic acids is 4. The average Bonchev–Trinajstić information content (AvgIpc) is 1.60. The molecule has 2 aromatic heterocycles. The Balaban J connectivity index is 0.000000335. The summed E-state index contributed by atoms with van der Waals surface area (Å²) in [6.07, 6.45) is 20.4. The molecule has 5 aromatic rings. The van der Waals surface area contributed by atoms with Gasteiger partial charge in [-0.2, -0.15) is 17.3 Å². The van der Waals surface area contributed by atoms with Crippen LogP contribution in [0.5, 0.6) is 5.75 Å². The van der Waals surface area contributed by atoms with Gasteiger partial charge in [0.25, 0.3) is 16.0 Å². The highest BCUT2D eigenvalue weighted by atomic mass is 32.2. The molecule has 0 saturated carbocycles. The van der Waals surface area contributed by atoms with Crippen LogP contribution in [-0.4, -0.2) is 193 Å². The third-order valence-electron chi connectivity index (χ3n) is 17.7. The Bertz CT molecular complexity index is 4180. The predicted molar refractivity (Wildman–Crippen MR) is 385 cm³/mol. The van der Waals surface area contributed by atoms with E-state index in [0.717, 1.165) is 76.7 Å². The van der Waals surface area contributed by atoms with Gasteiger partial charge < -0.3 is 39.0 Å². The SMILES string of the molecule is CCCC(=O)CCCCCN1/C(=C/C=C/C=C/C2=[N+](C)c3ccc(S(=O)(=O)[O-])cc3C2(C)C)C(C)(C)c2cc(S(=O)(=O)O)ccc21.CCCCC(NC(=O)Cn1cc(CCCF)nn1)C(=O)NCCOCCOCCOCCn1cc(CN([C@@H](C(=O)NO)C(C)C)S(=O)(=O)c2ccc(OC)cc2)nn1. The lowest BCUT2D eigenvalue weighted by molar-refractivity contribution is -0.401. The minimum atomic E-state index is -4.57. The Hall–Kier alpha value is -7.99. The maximum absolute atomic E-state index is 13.8. The first-order valence-corrected chi connectivity index (χ1v) is 39.0. The van der Waals surface area contributed by atoms with Gasteiger partial charge in [-0.25, -0.2) is 31.7 Å². The van der Waals surface area contributed by atoms with Crippen molar-refractivity contribution in [2.45, 2.75) is 183 Å². The number of anilines is 1. The van der Waals surface area contributed by atoms with Gasteiger partial charge in [-0.05, 0) is 125 Å². The molecule has 33 heteroatoms. The van der Waals surface area contributed by atoms with Crippen LogP contribution in [0.3, 0.4) is 0 Å². The Kier molecular flexibility index (Phi) is 32.6. The molecule has 29 nitrogen and oxygen atoms in total. The average molecular weight is 1510 g/mol. The molecule has 7 rings (SSSR count). The Morgan fingerprint density at radius 1 is 0.731 bits per heavy atom. The fourth-order valence-corrected chi connectivity index (χ4v) is 14.9. The van der Waals surface area contributed by atoms with Gasteiger partial charge in [0.15, 0.2) is 5.71 Å². The Morgan fingerprint density at radius 2 is 1.38 bits per heavy atom. The number of Topliss-reactive ketones (excluding diaryl/α,β-unsaturated/α-hetero) is 1. The van der Waals surface area contributed by atoms with Crippen LogP contribution in [0.1, 0.15) is 142 Å². The number of amides is 3. The van der Waals surface area contributed by atoms with Crippen molar-refractivity contribution < 1.29 is 86.7 Å². The molecule has 0 radical (unpaired) electrons. The Morgan fingerprint density at radius 3 is 2.02 bits per heavy atom. The molecule has 0 saturated heterocycles. The second-order valence-electron chi connectivity index (χ2n) is 26.5. The lowest BCUT2D eigenvalue weighted by atomic mass is 9.81. The van der Waals surface area contributed by atoms with Crippen LogP contribution in [0.4, 0.5) is 15.8 Å². The topological polar surface area (TPSA) is 378 Å². The van der Waals surface area contributed by atoms with E-state index in [1.807, 2.05) is 83.5 Å². The molecule has 572 valence electrons. The van der Waals surface area contributed by atoms with Gasteiger partial charge in [-0.15, -0.1) is 10.2 Å². The van der Waals surface area contributed by atoms with Gasteiger partial charge in [0.05, 0.1) is 98.0 Å². The van der Waals surface area contributed by atoms with E-state index < -0.39 is 71.7 Å². The predicted octanol–water partition coefficient (Wildman–Crippen LogP) is 7.61. The summed E-state index contributed by atoms with van der Waals surface area (Å²) < 4.78 is 136. The Labute approximate surface area is 609 Å². The number of carbonyl (C=O) groups is 4. The smallest absolute Gasteiger partial charge is 0.294 e. The molecule has 2 aliphatic rings. The van der Waals surface area contributed by atoms with Crippen molar-refractivity contribution in [2.75, 3.05) is 78.5 Å². The number of benzene rings is 3. The highest BCUT2D eigenvalue weighted by Crippen LogP contribution is 2.49. The number of sulfonamides is 1. The van der Waals surface area contributed by atoms with E-state index in [1.54, 1.807) is 49.9 Å². The number of rotatable bonds is 43. The number of unbranched alkanes of at least 4 members (excludes halogenated alkanes) is 3. The largest absolute Gasteiger partial charge is 0.744 e. The van der Waals surface area contributed by atoms with E-state index in [2.05, 4.69) is 36.2 Å². The molecule has 2 atom stereocenters. The van der Waals surface area contributed by atoms with Gasteiger partial charge >= 0.3 is 0 Å². The van der Waals surface area contributed by atoms with Crippen LogP contribution in [-0.2, 0) is 101 Å². The molecular weight excluding hydrogens is 1410 g/mol. The van der Waals surface area contributed by atoms with Gasteiger partial charge in [-0.3, -0.25) is 33.3 Å². The normalized spacial score (nSPS) is 15.2. The number of hydrogen-bond donors (Lipinski definition) is 5. The highest BCUT2D eigenvalue weighted by molar-refractivity contribution is 7.89. The van der Waals surface area contributed by atoms with Crippen LogP contribution in [0.15, 0.2) is 124 Å². The summed E-state index contributed by atoms with van der Waals surface area (Å²) in [4.78, 5) is 51.7.